The van der Waals surface area contributed by atoms with Crippen molar-refractivity contribution in [2.45, 2.75) is 19.8 Å². The van der Waals surface area contributed by atoms with Gasteiger partial charge in [0.25, 0.3) is 5.91 Å². The summed E-state index contributed by atoms with van der Waals surface area (Å²) >= 11 is 0. The van der Waals surface area contributed by atoms with Crippen LogP contribution in [0.1, 0.15) is 30.3 Å². The first-order valence-corrected chi connectivity index (χ1v) is 8.35. The standard InChI is InChI=1S/C18H24N4O3/c1-3-4-10-19-17(23)16-9-11-20-18(22-16)21-12-13-25-15-7-5-14(24-2)6-8-15/h5-9,11H,3-4,10,12-13H2,1-2H3,(H,19,23)(H,20,21,22). The third-order valence-corrected chi connectivity index (χ3v) is 3.42. The molecule has 0 saturated carbocycles. The van der Waals surface area contributed by atoms with Crippen molar-refractivity contribution in [2.24, 2.45) is 0 Å². The molecule has 7 nitrogen and oxygen atoms in total. The average molecular weight is 344 g/mol. The molecular formula is C18H24N4O3. The zero-order valence-corrected chi connectivity index (χ0v) is 14.6. The molecule has 0 aliphatic carbocycles. The lowest BCUT2D eigenvalue weighted by molar-refractivity contribution is 0.0948. The van der Waals surface area contributed by atoms with E-state index in [0.717, 1.165) is 24.3 Å². The molecule has 7 heteroatoms. The Bertz CT molecular complexity index is 662. The quantitative estimate of drug-likeness (QED) is 0.644. The minimum Gasteiger partial charge on any atom is -0.497 e. The zero-order chi connectivity index (χ0) is 17.9. The van der Waals surface area contributed by atoms with Crippen molar-refractivity contribution in [3.8, 4) is 11.5 Å². The second kappa shape index (κ2) is 10.1. The van der Waals surface area contributed by atoms with Gasteiger partial charge >= 0.3 is 0 Å². The van der Waals surface area contributed by atoms with Crippen LogP contribution in [0.4, 0.5) is 5.95 Å². The van der Waals surface area contributed by atoms with Crippen molar-refractivity contribution in [3.05, 3.63) is 42.2 Å². The molecule has 0 radical (unpaired) electrons. The molecule has 0 atom stereocenters. The average Bonchev–Trinajstić information content (AvgIpc) is 2.66. The largest absolute Gasteiger partial charge is 0.497 e. The van der Waals surface area contributed by atoms with E-state index in [2.05, 4.69) is 27.5 Å². The van der Waals surface area contributed by atoms with Gasteiger partial charge in [-0.2, -0.15) is 0 Å². The third-order valence-electron chi connectivity index (χ3n) is 3.42. The van der Waals surface area contributed by atoms with E-state index in [1.165, 1.54) is 0 Å². The lowest BCUT2D eigenvalue weighted by Crippen LogP contribution is -2.25. The Morgan fingerprint density at radius 2 is 1.88 bits per heavy atom. The van der Waals surface area contributed by atoms with Crippen LogP contribution in [-0.4, -0.2) is 42.7 Å². The van der Waals surface area contributed by atoms with Gasteiger partial charge in [0.2, 0.25) is 5.95 Å². The molecule has 0 aliphatic rings. The number of amides is 1. The van der Waals surface area contributed by atoms with Crippen LogP contribution in [0.2, 0.25) is 0 Å². The van der Waals surface area contributed by atoms with Crippen molar-refractivity contribution in [2.75, 3.05) is 32.1 Å². The van der Waals surface area contributed by atoms with Crippen molar-refractivity contribution in [3.63, 3.8) is 0 Å². The number of carbonyl (C=O) groups is 1. The second-order valence-electron chi connectivity index (χ2n) is 5.33. The predicted octanol–water partition coefficient (Wildman–Crippen LogP) is 2.51. The number of benzene rings is 1. The molecule has 2 N–H and O–H groups in total. The molecule has 0 fully saturated rings. The molecule has 0 spiro atoms. The number of nitrogens with zero attached hydrogens (tertiary/aromatic N) is 2. The van der Waals surface area contributed by atoms with Crippen LogP contribution in [0.15, 0.2) is 36.5 Å². The Kier molecular flexibility index (Phi) is 7.49. The van der Waals surface area contributed by atoms with Crippen LogP contribution in [0.5, 0.6) is 11.5 Å². The third kappa shape index (κ3) is 6.29. The van der Waals surface area contributed by atoms with E-state index in [-0.39, 0.29) is 5.91 Å². The SMILES string of the molecule is CCCCNC(=O)c1ccnc(NCCOc2ccc(OC)cc2)n1. The fourth-order valence-corrected chi connectivity index (χ4v) is 2.04. The van der Waals surface area contributed by atoms with Crippen LogP contribution in [0, 0.1) is 0 Å². The first-order chi connectivity index (χ1) is 12.2. The molecule has 0 unspecified atom stereocenters. The van der Waals surface area contributed by atoms with Crippen LogP contribution in [-0.2, 0) is 0 Å². The summed E-state index contributed by atoms with van der Waals surface area (Å²) in [4.78, 5) is 20.3. The van der Waals surface area contributed by atoms with Crippen molar-refractivity contribution < 1.29 is 14.3 Å². The van der Waals surface area contributed by atoms with Crippen LogP contribution >= 0.6 is 0 Å². The molecule has 1 aromatic carbocycles. The van der Waals surface area contributed by atoms with Gasteiger partial charge in [0.15, 0.2) is 0 Å². The summed E-state index contributed by atoms with van der Waals surface area (Å²) in [6.07, 6.45) is 3.55. The predicted molar refractivity (Wildman–Crippen MR) is 96.3 cm³/mol. The summed E-state index contributed by atoms with van der Waals surface area (Å²) in [7, 11) is 1.62. The van der Waals surface area contributed by atoms with E-state index >= 15 is 0 Å². The highest BCUT2D eigenvalue weighted by Crippen LogP contribution is 2.16. The monoisotopic (exact) mass is 344 g/mol. The Morgan fingerprint density at radius 3 is 2.60 bits per heavy atom. The molecule has 134 valence electrons. The number of anilines is 1. The van der Waals surface area contributed by atoms with Gasteiger partial charge in [-0.15, -0.1) is 0 Å². The Balaban J connectivity index is 1.76. The fraction of sp³-hybridized carbons (Fsp3) is 0.389. The smallest absolute Gasteiger partial charge is 0.270 e. The minimum atomic E-state index is -0.187. The topological polar surface area (TPSA) is 85.4 Å². The molecule has 1 amide bonds. The van der Waals surface area contributed by atoms with E-state index < -0.39 is 0 Å². The molecular weight excluding hydrogens is 320 g/mol. The molecule has 0 bridgehead atoms. The first kappa shape index (κ1) is 18.5. The number of ether oxygens (including phenoxy) is 2. The van der Waals surface area contributed by atoms with E-state index in [9.17, 15) is 4.79 Å². The highest BCUT2D eigenvalue weighted by atomic mass is 16.5. The maximum absolute atomic E-state index is 12.0. The lowest BCUT2D eigenvalue weighted by Gasteiger charge is -2.09. The Hall–Kier alpha value is -2.83. The molecule has 25 heavy (non-hydrogen) atoms. The van der Waals surface area contributed by atoms with Crippen LogP contribution < -0.4 is 20.1 Å². The molecule has 0 aliphatic heterocycles. The summed E-state index contributed by atoms with van der Waals surface area (Å²) in [5, 5.41) is 5.88. The number of unbranched alkanes of at least 4 members (excludes halogenated alkanes) is 1. The molecule has 1 aromatic heterocycles. The van der Waals surface area contributed by atoms with Gasteiger partial charge in [0.05, 0.1) is 13.7 Å². The molecule has 2 aromatic rings. The van der Waals surface area contributed by atoms with E-state index in [4.69, 9.17) is 9.47 Å². The summed E-state index contributed by atoms with van der Waals surface area (Å²) in [5.74, 6) is 1.76. The van der Waals surface area contributed by atoms with E-state index in [1.54, 1.807) is 19.4 Å². The van der Waals surface area contributed by atoms with Crippen molar-refractivity contribution >= 4 is 11.9 Å². The maximum Gasteiger partial charge on any atom is 0.270 e. The number of methoxy groups -OCH3 is 1. The fourth-order valence-electron chi connectivity index (χ4n) is 2.04. The highest BCUT2D eigenvalue weighted by molar-refractivity contribution is 5.92. The summed E-state index contributed by atoms with van der Waals surface area (Å²) in [5.41, 5.74) is 0.352. The molecule has 0 saturated heterocycles. The number of aromatic nitrogens is 2. The Labute approximate surface area is 147 Å². The normalized spacial score (nSPS) is 10.2. The lowest BCUT2D eigenvalue weighted by atomic mass is 10.3. The van der Waals surface area contributed by atoms with Gasteiger partial charge in [0.1, 0.15) is 23.8 Å². The summed E-state index contributed by atoms with van der Waals surface area (Å²) in [6, 6.07) is 8.96. The molecule has 2 rings (SSSR count). The van der Waals surface area contributed by atoms with Gasteiger partial charge in [0, 0.05) is 12.7 Å². The number of nitrogens with one attached hydrogen (secondary N) is 2. The van der Waals surface area contributed by atoms with Crippen molar-refractivity contribution in [1.82, 2.24) is 15.3 Å². The zero-order valence-electron chi connectivity index (χ0n) is 14.6. The summed E-state index contributed by atoms with van der Waals surface area (Å²) in [6.45, 7) is 3.69. The minimum absolute atomic E-state index is 0.187. The van der Waals surface area contributed by atoms with Crippen LogP contribution in [0.3, 0.4) is 0 Å². The highest BCUT2D eigenvalue weighted by Gasteiger charge is 2.07. The van der Waals surface area contributed by atoms with Gasteiger partial charge in [-0.1, -0.05) is 13.3 Å². The first-order valence-electron chi connectivity index (χ1n) is 8.35. The number of rotatable bonds is 10. The van der Waals surface area contributed by atoms with Gasteiger partial charge < -0.3 is 20.1 Å². The number of carbonyl (C=O) groups excluding carboxylic acids is 1. The van der Waals surface area contributed by atoms with E-state index in [0.29, 0.717) is 31.3 Å². The second-order valence-corrected chi connectivity index (χ2v) is 5.33. The van der Waals surface area contributed by atoms with Gasteiger partial charge in [-0.25, -0.2) is 9.97 Å². The van der Waals surface area contributed by atoms with Gasteiger partial charge in [-0.3, -0.25) is 4.79 Å². The maximum atomic E-state index is 12.0. The van der Waals surface area contributed by atoms with Crippen LogP contribution in [0.25, 0.3) is 0 Å². The Morgan fingerprint density at radius 1 is 1.12 bits per heavy atom. The summed E-state index contributed by atoms with van der Waals surface area (Å²) < 4.78 is 10.7. The molecule has 1 heterocycles. The number of hydrogen-bond acceptors (Lipinski definition) is 6. The number of hydrogen-bond donors (Lipinski definition) is 2. The van der Waals surface area contributed by atoms with Crippen molar-refractivity contribution in [1.29, 1.82) is 0 Å². The van der Waals surface area contributed by atoms with E-state index in [1.807, 2.05) is 24.3 Å². The van der Waals surface area contributed by atoms with Gasteiger partial charge in [-0.05, 0) is 36.8 Å².